The first kappa shape index (κ1) is 11.5. The third kappa shape index (κ3) is 4.45. The van der Waals surface area contributed by atoms with Crippen LogP contribution < -0.4 is 0 Å². The summed E-state index contributed by atoms with van der Waals surface area (Å²) < 4.78 is 0. The molecule has 0 aliphatic heterocycles. The molecule has 0 unspecified atom stereocenters. The van der Waals surface area contributed by atoms with Crippen LogP contribution in [0.1, 0.15) is 24.5 Å². The Morgan fingerprint density at radius 1 is 1.40 bits per heavy atom. The maximum Gasteiger partial charge on any atom is 0.307 e. The van der Waals surface area contributed by atoms with Crippen LogP contribution in [-0.2, 0) is 17.6 Å². The van der Waals surface area contributed by atoms with Crippen molar-refractivity contribution in [2.45, 2.75) is 26.2 Å². The van der Waals surface area contributed by atoms with Crippen LogP contribution in [0.15, 0.2) is 36.4 Å². The molecule has 0 amide bonds. The van der Waals surface area contributed by atoms with E-state index >= 15 is 0 Å². The van der Waals surface area contributed by atoms with E-state index in [9.17, 15) is 4.79 Å². The molecule has 0 heterocycles. The number of aryl methyl sites for hydroxylation is 1. The van der Waals surface area contributed by atoms with Crippen molar-refractivity contribution in [1.82, 2.24) is 0 Å². The Morgan fingerprint density at radius 3 is 2.80 bits per heavy atom. The zero-order valence-electron chi connectivity index (χ0n) is 8.94. The fourth-order valence-electron chi connectivity index (χ4n) is 1.49. The molecule has 15 heavy (non-hydrogen) atoms. The monoisotopic (exact) mass is 204 g/mol. The average Bonchev–Trinajstić information content (AvgIpc) is 2.18. The van der Waals surface area contributed by atoms with Gasteiger partial charge in [0, 0.05) is 0 Å². The van der Waals surface area contributed by atoms with E-state index in [2.05, 4.69) is 6.08 Å². The minimum absolute atomic E-state index is 0.109. The van der Waals surface area contributed by atoms with Gasteiger partial charge in [0.2, 0.25) is 0 Å². The zero-order valence-corrected chi connectivity index (χ0v) is 8.94. The Balaban J connectivity index is 2.61. The van der Waals surface area contributed by atoms with Crippen LogP contribution >= 0.6 is 0 Å². The van der Waals surface area contributed by atoms with Gasteiger partial charge in [-0.15, -0.1) is 0 Å². The molecule has 1 aromatic carbocycles. The van der Waals surface area contributed by atoms with Crippen LogP contribution in [0.25, 0.3) is 0 Å². The van der Waals surface area contributed by atoms with Crippen molar-refractivity contribution in [2.75, 3.05) is 0 Å². The normalized spacial score (nSPS) is 10.7. The highest BCUT2D eigenvalue weighted by molar-refractivity contribution is 5.70. The van der Waals surface area contributed by atoms with E-state index in [1.165, 1.54) is 5.56 Å². The molecular formula is C13H16O2. The Labute approximate surface area is 90.3 Å². The SMILES string of the molecule is CC=CCCc1cccc(CC(=O)O)c1. The molecule has 0 bridgehead atoms. The van der Waals surface area contributed by atoms with Crippen LogP contribution in [0.4, 0.5) is 0 Å². The number of hydrogen-bond acceptors (Lipinski definition) is 1. The predicted molar refractivity (Wildman–Crippen MR) is 60.9 cm³/mol. The fourth-order valence-corrected chi connectivity index (χ4v) is 1.49. The van der Waals surface area contributed by atoms with Crippen molar-refractivity contribution in [2.24, 2.45) is 0 Å². The van der Waals surface area contributed by atoms with Crippen molar-refractivity contribution >= 4 is 5.97 Å². The maximum atomic E-state index is 10.5. The average molecular weight is 204 g/mol. The van der Waals surface area contributed by atoms with E-state index in [-0.39, 0.29) is 6.42 Å². The summed E-state index contributed by atoms with van der Waals surface area (Å²) in [6.45, 7) is 2.00. The van der Waals surface area contributed by atoms with Gasteiger partial charge < -0.3 is 5.11 Å². The van der Waals surface area contributed by atoms with Gasteiger partial charge in [-0.2, -0.15) is 0 Å². The summed E-state index contributed by atoms with van der Waals surface area (Å²) in [4.78, 5) is 10.5. The second-order valence-electron chi connectivity index (χ2n) is 3.50. The Kier molecular flexibility index (Phi) is 4.61. The molecule has 0 aromatic heterocycles. The summed E-state index contributed by atoms with van der Waals surface area (Å²) in [5, 5.41) is 8.66. The molecule has 2 nitrogen and oxygen atoms in total. The lowest BCUT2D eigenvalue weighted by Crippen LogP contribution is -2.00. The first-order valence-electron chi connectivity index (χ1n) is 5.13. The van der Waals surface area contributed by atoms with Gasteiger partial charge in [-0.05, 0) is 30.9 Å². The summed E-state index contributed by atoms with van der Waals surface area (Å²) in [6, 6.07) is 7.78. The number of carboxylic acid groups (broad SMARTS) is 1. The largest absolute Gasteiger partial charge is 0.481 e. The van der Waals surface area contributed by atoms with Crippen LogP contribution in [0.3, 0.4) is 0 Å². The van der Waals surface area contributed by atoms with Gasteiger partial charge >= 0.3 is 5.97 Å². The van der Waals surface area contributed by atoms with Gasteiger partial charge in [0.1, 0.15) is 0 Å². The summed E-state index contributed by atoms with van der Waals surface area (Å²) in [5.41, 5.74) is 2.08. The molecule has 0 atom stereocenters. The van der Waals surface area contributed by atoms with E-state index in [1.54, 1.807) is 0 Å². The zero-order chi connectivity index (χ0) is 11.1. The number of carboxylic acids is 1. The lowest BCUT2D eigenvalue weighted by Gasteiger charge is -2.01. The first-order chi connectivity index (χ1) is 7.22. The number of aliphatic carboxylic acids is 1. The minimum Gasteiger partial charge on any atom is -0.481 e. The minimum atomic E-state index is -0.777. The molecule has 80 valence electrons. The molecule has 0 fully saturated rings. The Morgan fingerprint density at radius 2 is 2.13 bits per heavy atom. The third-order valence-electron chi connectivity index (χ3n) is 2.18. The summed E-state index contributed by atoms with van der Waals surface area (Å²) >= 11 is 0. The molecule has 2 heteroatoms. The topological polar surface area (TPSA) is 37.3 Å². The van der Waals surface area contributed by atoms with Crippen molar-refractivity contribution in [3.63, 3.8) is 0 Å². The standard InChI is InChI=1S/C13H16O2/c1-2-3-4-6-11-7-5-8-12(9-11)10-13(14)15/h2-3,5,7-9H,4,6,10H2,1H3,(H,14,15). The highest BCUT2D eigenvalue weighted by Gasteiger charge is 2.00. The Hall–Kier alpha value is -1.57. The van der Waals surface area contributed by atoms with Crippen molar-refractivity contribution < 1.29 is 9.90 Å². The van der Waals surface area contributed by atoms with Gasteiger partial charge in [-0.1, -0.05) is 36.4 Å². The van der Waals surface area contributed by atoms with E-state index in [4.69, 9.17) is 5.11 Å². The molecule has 0 radical (unpaired) electrons. The molecule has 0 spiro atoms. The quantitative estimate of drug-likeness (QED) is 0.749. The number of rotatable bonds is 5. The van der Waals surface area contributed by atoms with Crippen LogP contribution in [0.2, 0.25) is 0 Å². The molecule has 1 aromatic rings. The van der Waals surface area contributed by atoms with E-state index in [1.807, 2.05) is 37.3 Å². The van der Waals surface area contributed by atoms with E-state index < -0.39 is 5.97 Å². The number of hydrogen-bond donors (Lipinski definition) is 1. The molecule has 0 saturated heterocycles. The number of carbonyl (C=O) groups is 1. The molecule has 0 aliphatic carbocycles. The van der Waals surface area contributed by atoms with E-state index in [0.717, 1.165) is 18.4 Å². The van der Waals surface area contributed by atoms with Gasteiger partial charge in [0.15, 0.2) is 0 Å². The first-order valence-corrected chi connectivity index (χ1v) is 5.13. The van der Waals surface area contributed by atoms with Crippen LogP contribution in [0, 0.1) is 0 Å². The van der Waals surface area contributed by atoms with Gasteiger partial charge in [0.25, 0.3) is 0 Å². The molecule has 0 saturated carbocycles. The molecule has 1 rings (SSSR count). The second-order valence-corrected chi connectivity index (χ2v) is 3.50. The van der Waals surface area contributed by atoms with Crippen molar-refractivity contribution in [1.29, 1.82) is 0 Å². The van der Waals surface area contributed by atoms with Gasteiger partial charge in [0.05, 0.1) is 6.42 Å². The molecule has 0 aliphatic rings. The number of allylic oxidation sites excluding steroid dienone is 2. The summed E-state index contributed by atoms with van der Waals surface area (Å²) in [5.74, 6) is -0.777. The fraction of sp³-hybridized carbons (Fsp3) is 0.308. The smallest absolute Gasteiger partial charge is 0.307 e. The Bertz CT molecular complexity index is 353. The highest BCUT2D eigenvalue weighted by Crippen LogP contribution is 2.08. The lowest BCUT2D eigenvalue weighted by atomic mass is 10.0. The molecular weight excluding hydrogens is 188 g/mol. The van der Waals surface area contributed by atoms with Crippen molar-refractivity contribution in [3.8, 4) is 0 Å². The number of benzene rings is 1. The maximum absolute atomic E-state index is 10.5. The van der Waals surface area contributed by atoms with Gasteiger partial charge in [-0.3, -0.25) is 4.79 Å². The molecule has 1 N–H and O–H groups in total. The van der Waals surface area contributed by atoms with Gasteiger partial charge in [-0.25, -0.2) is 0 Å². The second kappa shape index (κ2) is 6.02. The summed E-state index contributed by atoms with van der Waals surface area (Å²) in [7, 11) is 0. The van der Waals surface area contributed by atoms with E-state index in [0.29, 0.717) is 0 Å². The third-order valence-corrected chi connectivity index (χ3v) is 2.18. The lowest BCUT2D eigenvalue weighted by molar-refractivity contribution is -0.136. The van der Waals surface area contributed by atoms with Crippen LogP contribution in [0.5, 0.6) is 0 Å². The van der Waals surface area contributed by atoms with Crippen molar-refractivity contribution in [3.05, 3.63) is 47.5 Å². The highest BCUT2D eigenvalue weighted by atomic mass is 16.4. The predicted octanol–water partition coefficient (Wildman–Crippen LogP) is 2.82. The van der Waals surface area contributed by atoms with Crippen LogP contribution in [-0.4, -0.2) is 11.1 Å². The summed E-state index contributed by atoms with van der Waals surface area (Å²) in [6.07, 6.45) is 6.23.